The quantitative estimate of drug-likeness (QED) is 0.103. The number of hydrogen-bond donors (Lipinski definition) is 4. The number of carbonyl (C=O) groups excluding carboxylic acids is 1. The minimum Gasteiger partial charge on any atom is -0.480 e. The van der Waals surface area contributed by atoms with Crippen LogP contribution in [0.1, 0.15) is 70.8 Å². The molecule has 0 saturated carbocycles. The number of carboxylic acid groups (broad SMARTS) is 2. The van der Waals surface area contributed by atoms with Crippen molar-refractivity contribution in [1.82, 2.24) is 4.90 Å². The molecule has 1 aromatic carbocycles. The van der Waals surface area contributed by atoms with E-state index < -0.39 is 40.7 Å². The molecule has 4 unspecified atom stereocenters. The standard InChI is InChI=1S/C18H28O3S.C11H18N2O5S/c1-3-4-5-6-7-8-11-22(19)15(2)12-16-9-10-17-18(13-16)21-14-20-17;1-2-5-13(8(6-19)11(17)18)9(14)4-3-7(12)10(15)16/h9-10,13,15H,3-8,11-12,14H2,1-2H3;2,7-8,19H,1,3-6,12H2,(H,15,16)(H,17,18). The van der Waals surface area contributed by atoms with Gasteiger partial charge in [0.25, 0.3) is 0 Å². The van der Waals surface area contributed by atoms with Crippen LogP contribution in [0.4, 0.5) is 0 Å². The summed E-state index contributed by atoms with van der Waals surface area (Å²) < 4.78 is 23.0. The fourth-order valence-electron chi connectivity index (χ4n) is 4.12. The van der Waals surface area contributed by atoms with Gasteiger partial charge in [-0.15, -0.1) is 6.58 Å². The highest BCUT2D eigenvalue weighted by Crippen LogP contribution is 2.33. The minimum absolute atomic E-state index is 0.0418. The van der Waals surface area contributed by atoms with Crippen molar-refractivity contribution < 1.29 is 38.3 Å². The smallest absolute Gasteiger partial charge is 0.327 e. The molecule has 1 aromatic rings. The molecule has 1 heterocycles. The number of benzene rings is 1. The van der Waals surface area contributed by atoms with Crippen molar-refractivity contribution in [3.8, 4) is 11.5 Å². The third-order valence-electron chi connectivity index (χ3n) is 6.57. The lowest BCUT2D eigenvalue weighted by molar-refractivity contribution is -0.149. The lowest BCUT2D eigenvalue weighted by Crippen LogP contribution is -2.46. The normalized spacial score (nSPS) is 14.6. The predicted molar refractivity (Wildman–Crippen MR) is 164 cm³/mol. The molecule has 0 spiro atoms. The molecule has 0 radical (unpaired) electrons. The minimum atomic E-state index is -1.20. The molecule has 10 nitrogen and oxygen atoms in total. The highest BCUT2D eigenvalue weighted by molar-refractivity contribution is 7.85. The van der Waals surface area contributed by atoms with Crippen LogP contribution < -0.4 is 15.2 Å². The Bertz CT molecular complexity index is 1010. The van der Waals surface area contributed by atoms with E-state index >= 15 is 0 Å². The van der Waals surface area contributed by atoms with Gasteiger partial charge in [-0.1, -0.05) is 58.1 Å². The summed E-state index contributed by atoms with van der Waals surface area (Å²) in [4.78, 5) is 34.5. The number of nitrogens with zero attached hydrogens (tertiary/aromatic N) is 1. The molecule has 41 heavy (non-hydrogen) atoms. The van der Waals surface area contributed by atoms with E-state index in [0.717, 1.165) is 35.0 Å². The second kappa shape index (κ2) is 20.3. The van der Waals surface area contributed by atoms with Crippen molar-refractivity contribution in [3.05, 3.63) is 36.4 Å². The van der Waals surface area contributed by atoms with E-state index in [1.54, 1.807) is 0 Å². The van der Waals surface area contributed by atoms with Gasteiger partial charge in [0.05, 0.1) is 0 Å². The average molecular weight is 615 g/mol. The molecule has 0 fully saturated rings. The Morgan fingerprint density at radius 2 is 1.78 bits per heavy atom. The Kier molecular flexibility index (Phi) is 18.1. The number of hydrogen-bond acceptors (Lipinski definition) is 8. The number of amides is 1. The lowest BCUT2D eigenvalue weighted by atomic mass is 10.1. The van der Waals surface area contributed by atoms with Gasteiger partial charge in [0.15, 0.2) is 11.5 Å². The number of carbonyl (C=O) groups is 3. The molecule has 1 amide bonds. The van der Waals surface area contributed by atoms with Gasteiger partial charge in [-0.05, 0) is 37.0 Å². The van der Waals surface area contributed by atoms with Gasteiger partial charge in [0.1, 0.15) is 12.1 Å². The van der Waals surface area contributed by atoms with E-state index in [4.69, 9.17) is 25.4 Å². The summed E-state index contributed by atoms with van der Waals surface area (Å²) in [7, 11) is -0.743. The zero-order valence-corrected chi connectivity index (χ0v) is 25.9. The summed E-state index contributed by atoms with van der Waals surface area (Å²) in [5.74, 6) is -0.452. The molecule has 0 saturated heterocycles. The Balaban J connectivity index is 0.000000416. The largest absolute Gasteiger partial charge is 0.480 e. The lowest BCUT2D eigenvalue weighted by Gasteiger charge is -2.27. The molecule has 232 valence electrons. The summed E-state index contributed by atoms with van der Waals surface area (Å²) in [5.41, 5.74) is 6.46. The number of rotatable bonds is 19. The van der Waals surface area contributed by atoms with E-state index in [0.29, 0.717) is 6.79 Å². The topological polar surface area (TPSA) is 156 Å². The summed E-state index contributed by atoms with van der Waals surface area (Å²) >= 11 is 3.90. The molecular formula is C29H46N2O8S2. The summed E-state index contributed by atoms with van der Waals surface area (Å²) in [5, 5.41) is 17.8. The van der Waals surface area contributed by atoms with E-state index in [1.165, 1.54) is 43.7 Å². The van der Waals surface area contributed by atoms with Crippen LogP contribution in [0.3, 0.4) is 0 Å². The molecular weight excluding hydrogens is 568 g/mol. The van der Waals surface area contributed by atoms with Crippen LogP contribution in [-0.4, -0.2) is 79.3 Å². The number of thiol groups is 1. The van der Waals surface area contributed by atoms with Crippen LogP contribution in [0.15, 0.2) is 30.9 Å². The molecule has 0 bridgehead atoms. The number of aliphatic carboxylic acids is 2. The van der Waals surface area contributed by atoms with Crippen molar-refractivity contribution in [2.75, 3.05) is 24.8 Å². The maximum atomic E-state index is 12.3. The molecule has 12 heteroatoms. The van der Waals surface area contributed by atoms with Gasteiger partial charge < -0.3 is 30.3 Å². The average Bonchev–Trinajstić information content (AvgIpc) is 3.41. The van der Waals surface area contributed by atoms with E-state index in [1.807, 2.05) is 18.2 Å². The molecule has 1 aliphatic heterocycles. The zero-order chi connectivity index (χ0) is 30.8. The first-order valence-corrected chi connectivity index (χ1v) is 16.0. The van der Waals surface area contributed by atoms with E-state index in [9.17, 15) is 18.6 Å². The molecule has 2 rings (SSSR count). The van der Waals surface area contributed by atoms with E-state index in [2.05, 4.69) is 33.1 Å². The zero-order valence-electron chi connectivity index (χ0n) is 24.2. The summed E-state index contributed by atoms with van der Waals surface area (Å²) in [6.45, 7) is 8.12. The maximum Gasteiger partial charge on any atom is 0.327 e. The van der Waals surface area contributed by atoms with Crippen molar-refractivity contribution in [2.45, 2.75) is 89.0 Å². The van der Waals surface area contributed by atoms with Crippen LogP contribution >= 0.6 is 12.6 Å². The molecule has 0 aromatic heterocycles. The monoisotopic (exact) mass is 614 g/mol. The first-order chi connectivity index (χ1) is 19.5. The fourth-order valence-corrected chi connectivity index (χ4v) is 5.74. The third kappa shape index (κ3) is 13.8. The summed E-state index contributed by atoms with van der Waals surface area (Å²) in [6, 6.07) is 3.79. The van der Waals surface area contributed by atoms with Crippen molar-refractivity contribution in [2.24, 2.45) is 5.73 Å². The number of ether oxygens (including phenoxy) is 2. The predicted octanol–water partition coefficient (Wildman–Crippen LogP) is 4.03. The Morgan fingerprint density at radius 3 is 2.39 bits per heavy atom. The Morgan fingerprint density at radius 1 is 1.12 bits per heavy atom. The Hall–Kier alpha value is -2.57. The second-order valence-electron chi connectivity index (χ2n) is 9.91. The van der Waals surface area contributed by atoms with Crippen molar-refractivity contribution in [3.63, 3.8) is 0 Å². The van der Waals surface area contributed by atoms with Crippen molar-refractivity contribution >= 4 is 41.3 Å². The number of carboxylic acids is 2. The van der Waals surface area contributed by atoms with Gasteiger partial charge in [-0.25, -0.2) is 4.79 Å². The first kappa shape index (κ1) is 36.5. The highest BCUT2D eigenvalue weighted by Gasteiger charge is 2.28. The number of nitrogens with two attached hydrogens (primary N) is 1. The van der Waals surface area contributed by atoms with Gasteiger partial charge in [0, 0.05) is 40.5 Å². The number of fused-ring (bicyclic) bond motifs is 1. The van der Waals surface area contributed by atoms with Gasteiger partial charge in [-0.2, -0.15) is 12.6 Å². The maximum absolute atomic E-state index is 12.3. The van der Waals surface area contributed by atoms with Crippen LogP contribution in [0.5, 0.6) is 11.5 Å². The molecule has 0 aliphatic carbocycles. The van der Waals surface area contributed by atoms with Gasteiger partial charge >= 0.3 is 11.9 Å². The van der Waals surface area contributed by atoms with Crippen LogP contribution in [0, 0.1) is 0 Å². The summed E-state index contributed by atoms with van der Waals surface area (Å²) in [6.07, 6.45) is 9.52. The fraction of sp³-hybridized carbons (Fsp3) is 0.621. The van der Waals surface area contributed by atoms with Crippen LogP contribution in [0.2, 0.25) is 0 Å². The molecule has 1 aliphatic rings. The first-order valence-electron chi connectivity index (χ1n) is 14.0. The van der Waals surface area contributed by atoms with Gasteiger partial charge in [-0.3, -0.25) is 13.8 Å². The van der Waals surface area contributed by atoms with Crippen LogP contribution in [-0.2, 0) is 31.6 Å². The molecule has 4 N–H and O–H groups in total. The van der Waals surface area contributed by atoms with E-state index in [-0.39, 0.29) is 30.4 Å². The second-order valence-corrected chi connectivity index (χ2v) is 12.2. The third-order valence-corrected chi connectivity index (χ3v) is 8.68. The number of unbranched alkanes of at least 4 members (excludes halogenated alkanes) is 5. The SMILES string of the molecule is C=CCN(C(=O)CCC(N)C(=O)O)C(CS)C(=O)O.CCCCCCCCS(=O)C(C)Cc1ccc2c(c1)OCO2. The molecule has 4 atom stereocenters. The Labute approximate surface area is 251 Å². The van der Waals surface area contributed by atoms with Crippen LogP contribution in [0.25, 0.3) is 0 Å². The van der Waals surface area contributed by atoms with Crippen molar-refractivity contribution in [1.29, 1.82) is 0 Å². The van der Waals surface area contributed by atoms with Gasteiger partial charge in [0.2, 0.25) is 12.7 Å². The highest BCUT2D eigenvalue weighted by atomic mass is 32.2.